The molecule has 0 saturated heterocycles. The molecule has 182 valence electrons. The fourth-order valence-corrected chi connectivity index (χ4v) is 5.69. The molecule has 0 radical (unpaired) electrons. The van der Waals surface area contributed by atoms with Crippen LogP contribution in [0.5, 0.6) is 0 Å². The van der Waals surface area contributed by atoms with Crippen LogP contribution in [0.1, 0.15) is 33.4 Å². The summed E-state index contributed by atoms with van der Waals surface area (Å²) in [6.07, 6.45) is -4.60. The van der Waals surface area contributed by atoms with Gasteiger partial charge in [-0.3, -0.25) is 0 Å². The van der Waals surface area contributed by atoms with Crippen LogP contribution in [0.25, 0.3) is 53.9 Å². The molecule has 6 rings (SSSR count). The van der Waals surface area contributed by atoms with Crippen LogP contribution in [-0.4, -0.2) is 0 Å². The SMILES string of the molecule is [C-]#[N+]/C(C#N)=C1/c2cc(C(F)(F)F)ccc2-c2ccc3c4c(ccc3c21)-c1ccc(C)cc1/C4=C(/C#N)[N+]#[C-]. The number of nitriles is 2. The maximum Gasteiger partial charge on any atom is 0.416 e. The van der Waals surface area contributed by atoms with Crippen molar-refractivity contribution < 1.29 is 13.2 Å². The summed E-state index contributed by atoms with van der Waals surface area (Å²) in [6.45, 7) is 17.2. The fourth-order valence-electron chi connectivity index (χ4n) is 5.69. The minimum Gasteiger partial charge on any atom is -0.226 e. The van der Waals surface area contributed by atoms with E-state index in [9.17, 15) is 23.7 Å². The van der Waals surface area contributed by atoms with Gasteiger partial charge in [0.2, 0.25) is 0 Å². The van der Waals surface area contributed by atoms with Crippen LogP contribution in [0.2, 0.25) is 0 Å². The summed E-state index contributed by atoms with van der Waals surface area (Å²) in [4.78, 5) is 6.86. The zero-order valence-electron chi connectivity index (χ0n) is 20.2. The number of aryl methyl sites for hydroxylation is 1. The molecule has 0 bridgehead atoms. The van der Waals surface area contributed by atoms with Gasteiger partial charge in [-0.05, 0) is 74.3 Å². The number of hydrogen-bond acceptors (Lipinski definition) is 2. The summed E-state index contributed by atoms with van der Waals surface area (Å²) in [5.41, 5.74) is 5.28. The van der Waals surface area contributed by atoms with E-state index in [1.807, 2.05) is 55.5 Å². The van der Waals surface area contributed by atoms with Gasteiger partial charge in [-0.2, -0.15) is 13.2 Å². The summed E-state index contributed by atoms with van der Waals surface area (Å²) in [7, 11) is 0. The molecule has 0 saturated carbocycles. The average Bonchev–Trinajstić information content (AvgIpc) is 3.42. The van der Waals surface area contributed by atoms with Gasteiger partial charge in [0.15, 0.2) is 0 Å². The minimum absolute atomic E-state index is 0.0682. The summed E-state index contributed by atoms with van der Waals surface area (Å²) < 4.78 is 40.9. The molecule has 0 N–H and O–H groups in total. The molecule has 0 fully saturated rings. The van der Waals surface area contributed by atoms with E-state index < -0.39 is 11.7 Å². The van der Waals surface area contributed by atoms with Gasteiger partial charge >= 0.3 is 6.18 Å². The van der Waals surface area contributed by atoms with Crippen LogP contribution >= 0.6 is 0 Å². The highest BCUT2D eigenvalue weighted by Crippen LogP contribution is 2.54. The Morgan fingerprint density at radius 3 is 1.59 bits per heavy atom. The first-order valence-corrected chi connectivity index (χ1v) is 11.7. The Hall–Kier alpha value is -5.63. The summed E-state index contributed by atoms with van der Waals surface area (Å²) in [5, 5.41) is 20.9. The number of nitrogens with zero attached hydrogens (tertiary/aromatic N) is 4. The number of alkyl halides is 3. The number of hydrogen-bond donors (Lipinski definition) is 0. The lowest BCUT2D eigenvalue weighted by atomic mass is 9.90. The molecule has 4 aromatic rings. The number of fused-ring (bicyclic) bond motifs is 9. The Kier molecular flexibility index (Phi) is 4.99. The molecule has 0 heterocycles. The third kappa shape index (κ3) is 3.21. The zero-order valence-corrected chi connectivity index (χ0v) is 20.2. The molecule has 0 aromatic heterocycles. The Morgan fingerprint density at radius 2 is 1.13 bits per heavy atom. The first kappa shape index (κ1) is 23.7. The van der Waals surface area contributed by atoms with Gasteiger partial charge in [0.25, 0.3) is 11.4 Å². The van der Waals surface area contributed by atoms with Crippen molar-refractivity contribution in [1.82, 2.24) is 0 Å². The van der Waals surface area contributed by atoms with Crippen molar-refractivity contribution in [3.8, 4) is 34.4 Å². The molecule has 0 aliphatic heterocycles. The largest absolute Gasteiger partial charge is 0.416 e. The first-order chi connectivity index (χ1) is 18.7. The second-order valence-corrected chi connectivity index (χ2v) is 9.27. The highest BCUT2D eigenvalue weighted by atomic mass is 19.4. The maximum atomic E-state index is 13.6. The van der Waals surface area contributed by atoms with Crippen LogP contribution in [0.15, 0.2) is 72.1 Å². The third-order valence-corrected chi connectivity index (χ3v) is 7.25. The number of benzene rings is 4. The minimum atomic E-state index is -4.60. The van der Waals surface area contributed by atoms with Gasteiger partial charge in [0.1, 0.15) is 0 Å². The number of halogens is 3. The van der Waals surface area contributed by atoms with Gasteiger partial charge in [0.05, 0.1) is 30.8 Å². The molecule has 0 atom stereocenters. The Labute approximate surface area is 221 Å². The quantitative estimate of drug-likeness (QED) is 0.152. The highest BCUT2D eigenvalue weighted by Gasteiger charge is 2.36. The molecule has 4 nitrogen and oxygen atoms in total. The predicted octanol–water partition coefficient (Wildman–Crippen LogP) is 8.53. The molecule has 7 heteroatoms. The van der Waals surface area contributed by atoms with Crippen LogP contribution in [-0.2, 0) is 6.18 Å². The molecule has 2 aliphatic rings. The van der Waals surface area contributed by atoms with Gasteiger partial charge in [0, 0.05) is 11.1 Å². The summed E-state index contributed by atoms with van der Waals surface area (Å²) in [6, 6.07) is 20.4. The lowest BCUT2D eigenvalue weighted by Crippen LogP contribution is -2.05. The fraction of sp³-hybridized carbons (Fsp3) is 0.0625. The van der Waals surface area contributed by atoms with Crippen LogP contribution < -0.4 is 0 Å². The molecule has 4 aromatic carbocycles. The van der Waals surface area contributed by atoms with E-state index in [0.717, 1.165) is 34.4 Å². The first-order valence-electron chi connectivity index (χ1n) is 11.7. The van der Waals surface area contributed by atoms with Crippen LogP contribution in [0, 0.1) is 42.7 Å². The number of allylic oxidation sites excluding steroid dienone is 2. The van der Waals surface area contributed by atoms with Crippen molar-refractivity contribution in [3.05, 3.63) is 128 Å². The van der Waals surface area contributed by atoms with Crippen molar-refractivity contribution in [3.63, 3.8) is 0 Å². The van der Waals surface area contributed by atoms with E-state index in [-0.39, 0.29) is 22.5 Å². The molecule has 2 aliphatic carbocycles. The van der Waals surface area contributed by atoms with Gasteiger partial charge < -0.3 is 0 Å². The second kappa shape index (κ2) is 8.19. The van der Waals surface area contributed by atoms with E-state index in [2.05, 4.69) is 9.69 Å². The van der Waals surface area contributed by atoms with Gasteiger partial charge in [-0.15, -0.1) is 0 Å². The molecule has 39 heavy (non-hydrogen) atoms. The van der Waals surface area contributed by atoms with E-state index in [1.165, 1.54) is 6.07 Å². The zero-order chi connectivity index (χ0) is 27.6. The monoisotopic (exact) mass is 510 g/mol. The Balaban J connectivity index is 1.76. The van der Waals surface area contributed by atoms with Gasteiger partial charge in [-0.25, -0.2) is 20.2 Å². The Bertz CT molecular complexity index is 2020. The smallest absolute Gasteiger partial charge is 0.226 e. The standard InChI is InChI=1S/C32H13F3N4/c1-16-4-6-18-20-8-10-23-22(28(20)30(24(18)12-16)26(14-36)38-2)11-9-21-19-7-5-17(32(33,34)35)13-25(19)31(29(21)23)27(15-37)39-3/h4-13H,1H3/b30-26+,31-27-. The van der Waals surface area contributed by atoms with Crippen LogP contribution in [0.3, 0.4) is 0 Å². The van der Waals surface area contributed by atoms with Crippen molar-refractivity contribution in [2.45, 2.75) is 13.1 Å². The molecular formula is C32H13F3N4. The van der Waals surface area contributed by atoms with E-state index >= 15 is 0 Å². The molecule has 0 spiro atoms. The van der Waals surface area contributed by atoms with Gasteiger partial charge in [-0.1, -0.05) is 54.1 Å². The van der Waals surface area contributed by atoms with Crippen molar-refractivity contribution in [1.29, 1.82) is 10.5 Å². The number of rotatable bonds is 0. The average molecular weight is 510 g/mol. The van der Waals surface area contributed by atoms with E-state index in [0.29, 0.717) is 38.6 Å². The summed E-state index contributed by atoms with van der Waals surface area (Å²) in [5.74, 6) is 0. The summed E-state index contributed by atoms with van der Waals surface area (Å²) >= 11 is 0. The molecule has 0 amide bonds. The topological polar surface area (TPSA) is 56.3 Å². The van der Waals surface area contributed by atoms with Crippen molar-refractivity contribution in [2.24, 2.45) is 0 Å². The lowest BCUT2D eigenvalue weighted by molar-refractivity contribution is -0.137. The Morgan fingerprint density at radius 1 is 0.667 bits per heavy atom. The van der Waals surface area contributed by atoms with Crippen molar-refractivity contribution in [2.75, 3.05) is 0 Å². The predicted molar refractivity (Wildman–Crippen MR) is 141 cm³/mol. The third-order valence-electron chi connectivity index (χ3n) is 7.25. The van der Waals surface area contributed by atoms with Crippen LogP contribution in [0.4, 0.5) is 13.2 Å². The molecular weight excluding hydrogens is 497 g/mol. The molecule has 0 unspecified atom stereocenters. The maximum absolute atomic E-state index is 13.6. The normalized spacial score (nSPS) is 15.2. The van der Waals surface area contributed by atoms with E-state index in [1.54, 1.807) is 6.07 Å². The van der Waals surface area contributed by atoms with E-state index in [4.69, 9.17) is 13.1 Å². The lowest BCUT2D eigenvalue weighted by Gasteiger charge is -2.13. The highest BCUT2D eigenvalue weighted by molar-refractivity contribution is 6.18. The van der Waals surface area contributed by atoms with Crippen molar-refractivity contribution >= 4 is 21.9 Å². The second-order valence-electron chi connectivity index (χ2n) is 9.27.